The van der Waals surface area contributed by atoms with Crippen molar-refractivity contribution >= 4 is 33.2 Å². The van der Waals surface area contributed by atoms with Gasteiger partial charge in [-0.2, -0.15) is 0 Å². The highest BCUT2D eigenvalue weighted by atomic mass is 79.9. The number of nitro benzene ring substituents is 1. The monoisotopic (exact) mass is 377 g/mol. The number of hydrogen-bond acceptors (Lipinski definition) is 4. The van der Waals surface area contributed by atoms with Crippen LogP contribution in [0.15, 0.2) is 46.9 Å². The molecule has 120 valence electrons. The first-order valence-electron chi connectivity index (χ1n) is 6.89. The summed E-state index contributed by atoms with van der Waals surface area (Å²) in [6.07, 6.45) is 0. The molecule has 1 N–H and O–H groups in total. The Labute approximate surface area is 142 Å². The van der Waals surface area contributed by atoms with Gasteiger partial charge in [0.05, 0.1) is 4.92 Å². The van der Waals surface area contributed by atoms with E-state index >= 15 is 0 Å². The van der Waals surface area contributed by atoms with Crippen molar-refractivity contribution in [1.29, 1.82) is 0 Å². The lowest BCUT2D eigenvalue weighted by Gasteiger charge is -2.18. The lowest BCUT2D eigenvalue weighted by atomic mass is 10.1. The zero-order valence-electron chi connectivity index (χ0n) is 12.7. The molecular formula is C16H16BrN3O3. The van der Waals surface area contributed by atoms with Crippen molar-refractivity contribution in [2.24, 2.45) is 0 Å². The minimum absolute atomic E-state index is 0.118. The van der Waals surface area contributed by atoms with Crippen LogP contribution in [0.1, 0.15) is 15.9 Å². The number of rotatable bonds is 5. The first-order chi connectivity index (χ1) is 10.9. The van der Waals surface area contributed by atoms with E-state index < -0.39 is 4.92 Å². The van der Waals surface area contributed by atoms with Crippen molar-refractivity contribution in [3.63, 3.8) is 0 Å². The topological polar surface area (TPSA) is 75.5 Å². The number of halogens is 1. The van der Waals surface area contributed by atoms with E-state index in [1.54, 1.807) is 20.2 Å². The van der Waals surface area contributed by atoms with Gasteiger partial charge in [-0.05, 0) is 23.8 Å². The second-order valence-corrected chi connectivity index (χ2v) is 5.85. The van der Waals surface area contributed by atoms with Crippen LogP contribution in [0.3, 0.4) is 0 Å². The number of benzene rings is 2. The summed E-state index contributed by atoms with van der Waals surface area (Å²) in [7, 11) is 3.27. The normalized spacial score (nSPS) is 10.2. The van der Waals surface area contributed by atoms with Gasteiger partial charge in [0.2, 0.25) is 0 Å². The second kappa shape index (κ2) is 7.23. The van der Waals surface area contributed by atoms with E-state index in [9.17, 15) is 14.9 Å². The van der Waals surface area contributed by atoms with Crippen LogP contribution in [0.4, 0.5) is 11.4 Å². The molecule has 0 fully saturated rings. The average Bonchev–Trinajstić information content (AvgIpc) is 2.55. The van der Waals surface area contributed by atoms with E-state index in [1.165, 1.54) is 17.0 Å². The molecular weight excluding hydrogens is 362 g/mol. The molecule has 2 aromatic rings. The molecule has 0 aromatic heterocycles. The summed E-state index contributed by atoms with van der Waals surface area (Å²) in [4.78, 5) is 24.6. The van der Waals surface area contributed by atoms with Gasteiger partial charge in [-0.15, -0.1) is 0 Å². The fourth-order valence-electron chi connectivity index (χ4n) is 2.20. The average molecular weight is 378 g/mol. The number of anilines is 1. The maximum Gasteiger partial charge on any atom is 0.293 e. The molecule has 7 heteroatoms. The lowest BCUT2D eigenvalue weighted by molar-refractivity contribution is -0.384. The predicted octanol–water partition coefficient (Wildman–Crippen LogP) is 3.67. The third-order valence-corrected chi connectivity index (χ3v) is 4.20. The molecule has 0 heterocycles. The Kier molecular flexibility index (Phi) is 5.33. The predicted molar refractivity (Wildman–Crippen MR) is 92.6 cm³/mol. The van der Waals surface area contributed by atoms with E-state index in [1.807, 2.05) is 24.3 Å². The van der Waals surface area contributed by atoms with Gasteiger partial charge in [0.1, 0.15) is 5.69 Å². The summed E-state index contributed by atoms with van der Waals surface area (Å²) in [5.74, 6) is -0.272. The minimum atomic E-state index is -0.504. The Bertz CT molecular complexity index is 749. The van der Waals surface area contributed by atoms with Crippen LogP contribution < -0.4 is 5.32 Å². The number of carbonyl (C=O) groups excluding carboxylic acids is 1. The zero-order chi connectivity index (χ0) is 17.0. The van der Waals surface area contributed by atoms with E-state index in [4.69, 9.17) is 0 Å². The fourth-order valence-corrected chi connectivity index (χ4v) is 2.61. The van der Waals surface area contributed by atoms with Crippen LogP contribution in [-0.2, 0) is 6.54 Å². The molecule has 2 rings (SSSR count). The second-order valence-electron chi connectivity index (χ2n) is 4.99. The Morgan fingerprint density at radius 2 is 2.00 bits per heavy atom. The summed E-state index contributed by atoms with van der Waals surface area (Å²) >= 11 is 3.44. The van der Waals surface area contributed by atoms with Gasteiger partial charge >= 0.3 is 0 Å². The molecule has 2 aromatic carbocycles. The van der Waals surface area contributed by atoms with Crippen molar-refractivity contribution in [2.75, 3.05) is 19.4 Å². The summed E-state index contributed by atoms with van der Waals surface area (Å²) in [6, 6.07) is 12.0. The maximum atomic E-state index is 12.5. The van der Waals surface area contributed by atoms with Gasteiger partial charge in [-0.1, -0.05) is 34.1 Å². The highest BCUT2D eigenvalue weighted by Crippen LogP contribution is 2.26. The summed E-state index contributed by atoms with van der Waals surface area (Å²) in [5, 5.41) is 13.8. The quantitative estimate of drug-likeness (QED) is 0.636. The molecule has 0 radical (unpaired) electrons. The number of nitrogens with one attached hydrogen (secondary N) is 1. The summed E-state index contributed by atoms with van der Waals surface area (Å²) in [5.41, 5.74) is 1.50. The highest BCUT2D eigenvalue weighted by molar-refractivity contribution is 9.10. The molecule has 0 aliphatic heterocycles. The van der Waals surface area contributed by atoms with E-state index in [0.717, 1.165) is 10.0 Å². The molecule has 23 heavy (non-hydrogen) atoms. The van der Waals surface area contributed by atoms with Crippen LogP contribution in [0, 0.1) is 10.1 Å². The van der Waals surface area contributed by atoms with E-state index in [0.29, 0.717) is 12.2 Å². The van der Waals surface area contributed by atoms with Crippen molar-refractivity contribution in [1.82, 2.24) is 4.90 Å². The van der Waals surface area contributed by atoms with Crippen molar-refractivity contribution < 1.29 is 9.72 Å². The van der Waals surface area contributed by atoms with Crippen molar-refractivity contribution in [3.05, 3.63) is 68.2 Å². The Morgan fingerprint density at radius 1 is 1.30 bits per heavy atom. The number of amides is 1. The molecule has 0 bridgehead atoms. The standard InChI is InChI=1S/C16H16BrN3O3/c1-18-14-8-7-11(9-15(14)20(22)23)16(21)19(2)10-12-5-3-4-6-13(12)17/h3-9,18H,10H2,1-2H3. The van der Waals surface area contributed by atoms with Crippen LogP contribution in [0.2, 0.25) is 0 Å². The smallest absolute Gasteiger partial charge is 0.293 e. The highest BCUT2D eigenvalue weighted by Gasteiger charge is 2.19. The molecule has 6 nitrogen and oxygen atoms in total. The van der Waals surface area contributed by atoms with Crippen LogP contribution in [0.5, 0.6) is 0 Å². The first-order valence-corrected chi connectivity index (χ1v) is 7.68. The molecule has 1 amide bonds. The molecule has 0 saturated carbocycles. The number of nitro groups is 1. The van der Waals surface area contributed by atoms with Gasteiger partial charge in [0.15, 0.2) is 0 Å². The molecule has 0 aliphatic carbocycles. The minimum Gasteiger partial charge on any atom is -0.383 e. The SMILES string of the molecule is CNc1ccc(C(=O)N(C)Cc2ccccc2Br)cc1[N+](=O)[O-]. The van der Waals surface area contributed by atoms with Crippen molar-refractivity contribution in [2.45, 2.75) is 6.54 Å². The maximum absolute atomic E-state index is 12.5. The molecule has 0 saturated heterocycles. The third kappa shape index (κ3) is 3.87. The van der Waals surface area contributed by atoms with Crippen LogP contribution >= 0.6 is 15.9 Å². The van der Waals surface area contributed by atoms with Crippen LogP contribution in [-0.4, -0.2) is 29.8 Å². The lowest BCUT2D eigenvalue weighted by Crippen LogP contribution is -2.26. The van der Waals surface area contributed by atoms with E-state index in [-0.39, 0.29) is 17.2 Å². The Morgan fingerprint density at radius 3 is 2.61 bits per heavy atom. The largest absolute Gasteiger partial charge is 0.383 e. The molecule has 0 aliphatic rings. The zero-order valence-corrected chi connectivity index (χ0v) is 14.3. The van der Waals surface area contributed by atoms with E-state index in [2.05, 4.69) is 21.2 Å². The Balaban J connectivity index is 2.24. The van der Waals surface area contributed by atoms with Gasteiger partial charge in [-0.3, -0.25) is 14.9 Å². The van der Waals surface area contributed by atoms with Gasteiger partial charge in [-0.25, -0.2) is 0 Å². The van der Waals surface area contributed by atoms with Crippen molar-refractivity contribution in [3.8, 4) is 0 Å². The van der Waals surface area contributed by atoms with Crippen LogP contribution in [0.25, 0.3) is 0 Å². The summed E-state index contributed by atoms with van der Waals surface area (Å²) < 4.78 is 0.913. The molecule has 0 unspecified atom stereocenters. The summed E-state index contributed by atoms with van der Waals surface area (Å²) in [6.45, 7) is 0.405. The number of carbonyl (C=O) groups is 1. The van der Waals surface area contributed by atoms with Gasteiger partial charge in [0, 0.05) is 36.7 Å². The van der Waals surface area contributed by atoms with Gasteiger partial charge < -0.3 is 10.2 Å². The number of hydrogen-bond donors (Lipinski definition) is 1. The first kappa shape index (κ1) is 17.0. The Hall–Kier alpha value is -2.41. The fraction of sp³-hybridized carbons (Fsp3) is 0.188. The van der Waals surface area contributed by atoms with Gasteiger partial charge in [0.25, 0.3) is 11.6 Å². The molecule has 0 atom stereocenters. The third-order valence-electron chi connectivity index (χ3n) is 3.42. The molecule has 0 spiro atoms. The number of nitrogens with zero attached hydrogens (tertiary/aromatic N) is 2.